The first-order valence-corrected chi connectivity index (χ1v) is 6.78. The maximum Gasteiger partial charge on any atom is 0.225 e. The van der Waals surface area contributed by atoms with E-state index in [1.807, 2.05) is 12.3 Å². The van der Waals surface area contributed by atoms with Gasteiger partial charge >= 0.3 is 0 Å². The maximum absolute atomic E-state index is 4.52. The van der Waals surface area contributed by atoms with Gasteiger partial charge in [0.05, 0.1) is 25.0 Å². The van der Waals surface area contributed by atoms with Crippen LogP contribution in [0.25, 0.3) is 0 Å². The van der Waals surface area contributed by atoms with E-state index >= 15 is 0 Å². The van der Waals surface area contributed by atoms with E-state index in [9.17, 15) is 0 Å². The zero-order valence-electron chi connectivity index (χ0n) is 11.4. The van der Waals surface area contributed by atoms with Gasteiger partial charge in [-0.05, 0) is 6.07 Å². The molecule has 0 amide bonds. The van der Waals surface area contributed by atoms with Crippen molar-refractivity contribution >= 4 is 5.95 Å². The summed E-state index contributed by atoms with van der Waals surface area (Å²) in [6.07, 6.45) is 8.69. The van der Waals surface area contributed by atoms with Gasteiger partial charge in [-0.15, -0.1) is 0 Å². The topological polar surface area (TPSA) is 77.5 Å². The molecule has 0 saturated carbocycles. The van der Waals surface area contributed by atoms with E-state index in [0.717, 1.165) is 37.1 Å². The summed E-state index contributed by atoms with van der Waals surface area (Å²) < 4.78 is 4.04. The van der Waals surface area contributed by atoms with E-state index in [4.69, 9.17) is 0 Å². The lowest BCUT2D eigenvalue weighted by Gasteiger charge is -2.28. The first kappa shape index (κ1) is 12.0. The van der Waals surface area contributed by atoms with Crippen LogP contribution >= 0.6 is 0 Å². The van der Waals surface area contributed by atoms with Gasteiger partial charge in [0, 0.05) is 25.5 Å². The second-order valence-corrected chi connectivity index (χ2v) is 4.88. The molecule has 3 aromatic heterocycles. The molecule has 21 heavy (non-hydrogen) atoms. The molecule has 8 nitrogen and oxygen atoms in total. The third kappa shape index (κ3) is 2.24. The van der Waals surface area contributed by atoms with Crippen molar-refractivity contribution in [2.24, 2.45) is 0 Å². The molecule has 0 saturated heterocycles. The van der Waals surface area contributed by atoms with Crippen LogP contribution < -0.4 is 4.90 Å². The molecule has 0 aliphatic carbocycles. The standard InChI is InChI=1S/C13H14N8/c1-2-15-13(16-3-1)19-4-5-21-11(6-17-12(21)8-19)7-20-10-14-9-18-20/h1-3,6,9-10H,4-5,7-8H2. The zero-order chi connectivity index (χ0) is 14.1. The normalized spacial score (nSPS) is 14.2. The molecular formula is C13H14N8. The monoisotopic (exact) mass is 282 g/mol. The van der Waals surface area contributed by atoms with Crippen molar-refractivity contribution < 1.29 is 0 Å². The molecule has 0 bridgehead atoms. The van der Waals surface area contributed by atoms with Gasteiger partial charge in [-0.25, -0.2) is 24.6 Å². The number of hydrogen-bond acceptors (Lipinski definition) is 6. The molecule has 1 aliphatic rings. The van der Waals surface area contributed by atoms with Gasteiger partial charge in [-0.3, -0.25) is 0 Å². The van der Waals surface area contributed by atoms with Crippen molar-refractivity contribution in [3.05, 3.63) is 48.8 Å². The van der Waals surface area contributed by atoms with Crippen LogP contribution in [0, 0.1) is 0 Å². The van der Waals surface area contributed by atoms with Gasteiger partial charge in [0.25, 0.3) is 0 Å². The van der Waals surface area contributed by atoms with Gasteiger partial charge < -0.3 is 9.47 Å². The Labute approximate surface area is 121 Å². The van der Waals surface area contributed by atoms with Gasteiger partial charge in [-0.1, -0.05) is 0 Å². The minimum Gasteiger partial charge on any atom is -0.332 e. The average Bonchev–Trinajstić information content (AvgIpc) is 3.18. The molecule has 0 N–H and O–H groups in total. The fraction of sp³-hybridized carbons (Fsp3) is 0.308. The minimum atomic E-state index is 0.689. The summed E-state index contributed by atoms with van der Waals surface area (Å²) in [6, 6.07) is 1.82. The van der Waals surface area contributed by atoms with E-state index in [1.54, 1.807) is 29.7 Å². The summed E-state index contributed by atoms with van der Waals surface area (Å²) in [5.41, 5.74) is 1.14. The number of hydrogen-bond donors (Lipinski definition) is 0. The summed E-state index contributed by atoms with van der Waals surface area (Å²) in [4.78, 5) is 19.2. The first-order chi connectivity index (χ1) is 10.4. The molecular weight excluding hydrogens is 268 g/mol. The number of fused-ring (bicyclic) bond motifs is 1. The van der Waals surface area contributed by atoms with Crippen LogP contribution in [0.2, 0.25) is 0 Å². The van der Waals surface area contributed by atoms with Crippen molar-refractivity contribution in [3.8, 4) is 0 Å². The molecule has 0 unspecified atom stereocenters. The molecule has 1 aliphatic heterocycles. The summed E-state index contributed by atoms with van der Waals surface area (Å²) >= 11 is 0. The van der Waals surface area contributed by atoms with Crippen molar-refractivity contribution in [2.45, 2.75) is 19.6 Å². The van der Waals surface area contributed by atoms with E-state index in [2.05, 4.69) is 34.5 Å². The SMILES string of the molecule is c1cnc(N2CCn3c(Cn4cncn4)cnc3C2)nc1. The molecule has 4 heterocycles. The fourth-order valence-corrected chi connectivity index (χ4v) is 2.56. The first-order valence-electron chi connectivity index (χ1n) is 6.78. The smallest absolute Gasteiger partial charge is 0.225 e. The highest BCUT2D eigenvalue weighted by molar-refractivity contribution is 5.30. The average molecular weight is 282 g/mol. The van der Waals surface area contributed by atoms with Crippen LogP contribution in [0.15, 0.2) is 37.3 Å². The minimum absolute atomic E-state index is 0.689. The molecule has 3 aromatic rings. The highest BCUT2D eigenvalue weighted by atomic mass is 15.3. The molecule has 0 fully saturated rings. The molecule has 0 aromatic carbocycles. The number of imidazole rings is 1. The van der Waals surface area contributed by atoms with Crippen LogP contribution in [0.1, 0.15) is 11.5 Å². The predicted molar refractivity (Wildman–Crippen MR) is 74.4 cm³/mol. The van der Waals surface area contributed by atoms with Crippen molar-refractivity contribution in [1.29, 1.82) is 0 Å². The fourth-order valence-electron chi connectivity index (χ4n) is 2.56. The number of aromatic nitrogens is 7. The van der Waals surface area contributed by atoms with Crippen molar-refractivity contribution in [2.75, 3.05) is 11.4 Å². The van der Waals surface area contributed by atoms with Crippen molar-refractivity contribution in [3.63, 3.8) is 0 Å². The molecule has 8 heteroatoms. The van der Waals surface area contributed by atoms with Gasteiger partial charge in [0.15, 0.2) is 0 Å². The Hall–Kier alpha value is -2.77. The van der Waals surface area contributed by atoms with Crippen LogP contribution in [0.5, 0.6) is 0 Å². The quantitative estimate of drug-likeness (QED) is 0.689. The molecule has 4 rings (SSSR count). The molecule has 106 valence electrons. The molecule has 0 radical (unpaired) electrons. The Kier molecular flexibility index (Phi) is 2.84. The number of nitrogens with zero attached hydrogens (tertiary/aromatic N) is 8. The summed E-state index contributed by atoms with van der Waals surface area (Å²) in [7, 11) is 0. The highest BCUT2D eigenvalue weighted by Gasteiger charge is 2.21. The van der Waals surface area contributed by atoms with Crippen LogP contribution in [0.3, 0.4) is 0 Å². The summed E-state index contributed by atoms with van der Waals surface area (Å²) in [5.74, 6) is 1.79. The van der Waals surface area contributed by atoms with Gasteiger partial charge in [0.2, 0.25) is 5.95 Å². The second kappa shape index (κ2) is 4.97. The van der Waals surface area contributed by atoms with Crippen molar-refractivity contribution in [1.82, 2.24) is 34.3 Å². The van der Waals surface area contributed by atoms with Crippen LogP contribution in [-0.2, 0) is 19.6 Å². The van der Waals surface area contributed by atoms with E-state index in [-0.39, 0.29) is 0 Å². The lowest BCUT2D eigenvalue weighted by atomic mass is 10.3. The second-order valence-electron chi connectivity index (χ2n) is 4.88. The van der Waals surface area contributed by atoms with E-state index in [0.29, 0.717) is 6.54 Å². The third-order valence-electron chi connectivity index (χ3n) is 3.57. The van der Waals surface area contributed by atoms with Gasteiger partial charge in [-0.2, -0.15) is 5.10 Å². The Morgan fingerprint density at radius 2 is 2.00 bits per heavy atom. The highest BCUT2D eigenvalue weighted by Crippen LogP contribution is 2.18. The van der Waals surface area contributed by atoms with E-state index < -0.39 is 0 Å². The zero-order valence-corrected chi connectivity index (χ0v) is 11.4. The Morgan fingerprint density at radius 3 is 2.81 bits per heavy atom. The van der Waals surface area contributed by atoms with Crippen LogP contribution in [-0.4, -0.2) is 40.8 Å². The third-order valence-corrected chi connectivity index (χ3v) is 3.57. The summed E-state index contributed by atoms with van der Waals surface area (Å²) in [5, 5.41) is 4.14. The predicted octanol–water partition coefficient (Wildman–Crippen LogP) is 0.333. The molecule has 0 atom stereocenters. The van der Waals surface area contributed by atoms with E-state index in [1.165, 1.54) is 0 Å². The Morgan fingerprint density at radius 1 is 1.10 bits per heavy atom. The number of rotatable bonds is 3. The van der Waals surface area contributed by atoms with Crippen LogP contribution in [0.4, 0.5) is 5.95 Å². The lowest BCUT2D eigenvalue weighted by Crippen LogP contribution is -2.35. The lowest BCUT2D eigenvalue weighted by molar-refractivity contribution is 0.522. The van der Waals surface area contributed by atoms with Gasteiger partial charge in [0.1, 0.15) is 18.5 Å². The Bertz CT molecular complexity index is 718. The summed E-state index contributed by atoms with van der Waals surface area (Å²) in [6.45, 7) is 3.16. The maximum atomic E-state index is 4.52. The molecule has 0 spiro atoms. The number of anilines is 1. The largest absolute Gasteiger partial charge is 0.332 e. The Balaban J connectivity index is 1.56.